The van der Waals surface area contributed by atoms with E-state index in [4.69, 9.17) is 4.42 Å². The number of nitrogens with one attached hydrogen (secondary N) is 2. The first-order chi connectivity index (χ1) is 11.7. The lowest BCUT2D eigenvalue weighted by Gasteiger charge is -2.04. The molecular weight excluding hydrogens is 302 g/mol. The van der Waals surface area contributed by atoms with Crippen LogP contribution in [0, 0.1) is 6.92 Å². The topological polar surface area (TPSA) is 70.9 Å². The van der Waals surface area contributed by atoms with Gasteiger partial charge in [0, 0.05) is 36.1 Å². The number of hydrogen-bond donors (Lipinski definition) is 2. The van der Waals surface area contributed by atoms with Gasteiger partial charge in [0.25, 0.3) is 0 Å². The zero-order valence-corrected chi connectivity index (χ0v) is 13.3. The molecule has 2 aromatic heterocycles. The first-order valence-corrected chi connectivity index (χ1v) is 7.91. The number of aromatic amines is 1. The van der Waals surface area contributed by atoms with Crippen LogP contribution >= 0.6 is 0 Å². The normalized spacial score (nSPS) is 11.2. The molecule has 4 aromatic rings. The van der Waals surface area contributed by atoms with Crippen molar-refractivity contribution in [2.45, 2.75) is 19.8 Å². The molecule has 0 saturated heterocycles. The minimum atomic E-state index is -0.0140. The Morgan fingerprint density at radius 1 is 1.25 bits per heavy atom. The summed E-state index contributed by atoms with van der Waals surface area (Å²) in [7, 11) is 0. The van der Waals surface area contributed by atoms with E-state index in [1.54, 1.807) is 6.92 Å². The van der Waals surface area contributed by atoms with Crippen LogP contribution in [0.5, 0.6) is 0 Å². The van der Waals surface area contributed by atoms with E-state index >= 15 is 0 Å². The summed E-state index contributed by atoms with van der Waals surface area (Å²) in [5.74, 6) is 0.604. The van der Waals surface area contributed by atoms with E-state index in [2.05, 4.69) is 21.4 Å². The Hall–Kier alpha value is -3.08. The number of aryl methyl sites for hydroxylation is 2. The predicted molar refractivity (Wildman–Crippen MR) is 94.0 cm³/mol. The molecule has 2 heterocycles. The summed E-state index contributed by atoms with van der Waals surface area (Å²) >= 11 is 0. The van der Waals surface area contributed by atoms with Crippen LogP contribution in [0.1, 0.15) is 17.9 Å². The number of H-pyrrole nitrogens is 1. The van der Waals surface area contributed by atoms with Crippen molar-refractivity contribution in [1.29, 1.82) is 0 Å². The summed E-state index contributed by atoms with van der Waals surface area (Å²) in [5, 5.41) is 4.09. The lowest BCUT2D eigenvalue weighted by atomic mass is 10.1. The van der Waals surface area contributed by atoms with Gasteiger partial charge >= 0.3 is 0 Å². The molecule has 0 unspecified atom stereocenters. The third-order valence-corrected chi connectivity index (χ3v) is 4.07. The third-order valence-electron chi connectivity index (χ3n) is 4.07. The quantitative estimate of drug-likeness (QED) is 0.592. The molecule has 1 amide bonds. The molecule has 0 bridgehead atoms. The fourth-order valence-electron chi connectivity index (χ4n) is 2.93. The van der Waals surface area contributed by atoms with Gasteiger partial charge in [-0.15, -0.1) is 0 Å². The molecule has 0 saturated carbocycles. The zero-order chi connectivity index (χ0) is 16.5. The predicted octanol–water partition coefficient (Wildman–Crippen LogP) is 4.19. The number of carbonyl (C=O) groups excluding carboxylic acids is 1. The van der Waals surface area contributed by atoms with Crippen LogP contribution in [0.2, 0.25) is 0 Å². The van der Waals surface area contributed by atoms with Crippen molar-refractivity contribution in [3.05, 3.63) is 60.1 Å². The van der Waals surface area contributed by atoms with Gasteiger partial charge < -0.3 is 14.7 Å². The Morgan fingerprint density at radius 2 is 2.12 bits per heavy atom. The number of aromatic nitrogens is 2. The number of fused-ring (bicyclic) bond motifs is 2. The van der Waals surface area contributed by atoms with Crippen molar-refractivity contribution >= 4 is 33.6 Å². The molecule has 4 rings (SSSR count). The molecule has 120 valence electrons. The Balaban J connectivity index is 1.44. The highest BCUT2D eigenvalue weighted by Crippen LogP contribution is 2.21. The number of carbonyl (C=O) groups is 1. The summed E-state index contributed by atoms with van der Waals surface area (Å²) in [6, 6.07) is 13.6. The number of benzene rings is 2. The summed E-state index contributed by atoms with van der Waals surface area (Å²) < 4.78 is 5.44. The number of rotatable bonds is 4. The summed E-state index contributed by atoms with van der Waals surface area (Å²) in [6.07, 6.45) is 3.10. The summed E-state index contributed by atoms with van der Waals surface area (Å²) in [5.41, 5.74) is 4.47. The lowest BCUT2D eigenvalue weighted by Crippen LogP contribution is -2.12. The van der Waals surface area contributed by atoms with Crippen LogP contribution in [-0.2, 0) is 11.2 Å². The van der Waals surface area contributed by atoms with Gasteiger partial charge in [0.15, 0.2) is 11.5 Å². The number of anilines is 1. The monoisotopic (exact) mass is 319 g/mol. The van der Waals surface area contributed by atoms with Gasteiger partial charge in [0.1, 0.15) is 5.52 Å². The second kappa shape index (κ2) is 5.85. The minimum absolute atomic E-state index is 0.0140. The van der Waals surface area contributed by atoms with E-state index in [1.807, 2.05) is 42.6 Å². The number of amides is 1. The Bertz CT molecular complexity index is 1030. The fourth-order valence-corrected chi connectivity index (χ4v) is 2.93. The second-order valence-electron chi connectivity index (χ2n) is 5.82. The van der Waals surface area contributed by atoms with Crippen molar-refractivity contribution in [2.75, 3.05) is 5.32 Å². The molecule has 0 aliphatic rings. The molecular formula is C19H17N3O2. The van der Waals surface area contributed by atoms with Crippen LogP contribution in [-0.4, -0.2) is 15.9 Å². The molecule has 0 aliphatic carbocycles. The van der Waals surface area contributed by atoms with E-state index in [9.17, 15) is 4.79 Å². The highest BCUT2D eigenvalue weighted by atomic mass is 16.3. The van der Waals surface area contributed by atoms with Gasteiger partial charge in [-0.1, -0.05) is 18.2 Å². The first kappa shape index (κ1) is 14.5. The molecule has 0 spiro atoms. The second-order valence-corrected chi connectivity index (χ2v) is 5.82. The van der Waals surface area contributed by atoms with Crippen LogP contribution in [0.3, 0.4) is 0 Å². The summed E-state index contributed by atoms with van der Waals surface area (Å²) in [4.78, 5) is 19.7. The van der Waals surface area contributed by atoms with Gasteiger partial charge in [-0.3, -0.25) is 4.79 Å². The number of oxazole rings is 1. The van der Waals surface area contributed by atoms with Crippen molar-refractivity contribution in [2.24, 2.45) is 0 Å². The molecule has 0 atom stereocenters. The Labute approximate surface area is 138 Å². The van der Waals surface area contributed by atoms with E-state index in [0.717, 1.165) is 27.9 Å². The summed E-state index contributed by atoms with van der Waals surface area (Å²) in [6.45, 7) is 1.81. The van der Waals surface area contributed by atoms with Crippen LogP contribution < -0.4 is 5.32 Å². The molecule has 2 N–H and O–H groups in total. The molecule has 5 heteroatoms. The van der Waals surface area contributed by atoms with E-state index in [0.29, 0.717) is 18.7 Å². The van der Waals surface area contributed by atoms with Crippen molar-refractivity contribution in [3.8, 4) is 0 Å². The highest BCUT2D eigenvalue weighted by Gasteiger charge is 2.08. The van der Waals surface area contributed by atoms with Crippen LogP contribution in [0.4, 0.5) is 5.69 Å². The lowest BCUT2D eigenvalue weighted by molar-refractivity contribution is -0.116. The molecule has 24 heavy (non-hydrogen) atoms. The average Bonchev–Trinajstić information content (AvgIpc) is 3.15. The average molecular weight is 319 g/mol. The number of para-hydroxylation sites is 1. The molecule has 0 radical (unpaired) electrons. The van der Waals surface area contributed by atoms with Crippen molar-refractivity contribution in [1.82, 2.24) is 9.97 Å². The molecule has 0 fully saturated rings. The van der Waals surface area contributed by atoms with E-state index in [-0.39, 0.29) is 5.91 Å². The Kier molecular flexibility index (Phi) is 3.54. The van der Waals surface area contributed by atoms with Gasteiger partial charge in [-0.25, -0.2) is 4.98 Å². The zero-order valence-electron chi connectivity index (χ0n) is 13.3. The molecule has 5 nitrogen and oxygen atoms in total. The fraction of sp³-hybridized carbons (Fsp3) is 0.158. The SMILES string of the molecule is Cc1nc2cc(NC(=O)CCc3c[nH]c4ccccc34)ccc2o1. The third kappa shape index (κ3) is 2.76. The smallest absolute Gasteiger partial charge is 0.224 e. The minimum Gasteiger partial charge on any atom is -0.441 e. The van der Waals surface area contributed by atoms with Gasteiger partial charge in [-0.2, -0.15) is 0 Å². The van der Waals surface area contributed by atoms with E-state index in [1.165, 1.54) is 5.39 Å². The molecule has 0 aliphatic heterocycles. The first-order valence-electron chi connectivity index (χ1n) is 7.91. The number of hydrogen-bond acceptors (Lipinski definition) is 3. The van der Waals surface area contributed by atoms with Crippen molar-refractivity contribution < 1.29 is 9.21 Å². The van der Waals surface area contributed by atoms with Gasteiger partial charge in [0.2, 0.25) is 5.91 Å². The largest absolute Gasteiger partial charge is 0.441 e. The van der Waals surface area contributed by atoms with Crippen LogP contribution in [0.25, 0.3) is 22.0 Å². The maximum absolute atomic E-state index is 12.2. The standard InChI is InChI=1S/C19H17N3O2/c1-12-21-17-10-14(7-8-18(17)24-12)22-19(23)9-6-13-11-20-16-5-3-2-4-15(13)16/h2-5,7-8,10-11,20H,6,9H2,1H3,(H,22,23). The van der Waals surface area contributed by atoms with Gasteiger partial charge in [-0.05, 0) is 36.2 Å². The van der Waals surface area contributed by atoms with E-state index < -0.39 is 0 Å². The molecule has 2 aromatic carbocycles. The van der Waals surface area contributed by atoms with Crippen LogP contribution in [0.15, 0.2) is 53.1 Å². The van der Waals surface area contributed by atoms with Crippen molar-refractivity contribution in [3.63, 3.8) is 0 Å². The Morgan fingerprint density at radius 3 is 3.04 bits per heavy atom. The van der Waals surface area contributed by atoms with Gasteiger partial charge in [0.05, 0.1) is 0 Å². The highest BCUT2D eigenvalue weighted by molar-refractivity contribution is 5.93. The maximum atomic E-state index is 12.2. The number of nitrogens with zero attached hydrogens (tertiary/aromatic N) is 1. The maximum Gasteiger partial charge on any atom is 0.224 e.